The first-order valence-corrected chi connectivity index (χ1v) is 6.89. The van der Waals surface area contributed by atoms with Crippen molar-refractivity contribution in [1.82, 2.24) is 10.3 Å². The van der Waals surface area contributed by atoms with E-state index in [0.717, 1.165) is 12.3 Å². The summed E-state index contributed by atoms with van der Waals surface area (Å²) < 4.78 is 5.45. The molecule has 0 saturated heterocycles. The van der Waals surface area contributed by atoms with E-state index in [1.807, 2.05) is 18.5 Å². The molecule has 0 spiro atoms. The summed E-state index contributed by atoms with van der Waals surface area (Å²) in [6.07, 6.45) is 3.73. The molecule has 0 fully saturated rings. The summed E-state index contributed by atoms with van der Waals surface area (Å²) in [5.74, 6) is 0.932. The van der Waals surface area contributed by atoms with Gasteiger partial charge in [0, 0.05) is 30.5 Å². The van der Waals surface area contributed by atoms with Gasteiger partial charge in [0.25, 0.3) is 0 Å². The molecule has 20 heavy (non-hydrogen) atoms. The van der Waals surface area contributed by atoms with Crippen LogP contribution in [0, 0.1) is 13.8 Å². The molecule has 1 atom stereocenters. The molecule has 0 saturated carbocycles. The molecule has 1 unspecified atom stereocenters. The molecule has 1 heterocycles. The third-order valence-corrected chi connectivity index (χ3v) is 3.59. The minimum atomic E-state index is 0.234. The van der Waals surface area contributed by atoms with Crippen molar-refractivity contribution in [3.8, 4) is 5.75 Å². The molecule has 0 bridgehead atoms. The maximum atomic E-state index is 5.45. The quantitative estimate of drug-likeness (QED) is 0.902. The Morgan fingerprint density at radius 2 is 2.05 bits per heavy atom. The highest BCUT2D eigenvalue weighted by molar-refractivity contribution is 5.39. The van der Waals surface area contributed by atoms with Gasteiger partial charge in [-0.3, -0.25) is 4.98 Å². The summed E-state index contributed by atoms with van der Waals surface area (Å²) in [6.45, 7) is 7.17. The number of hydrogen-bond donors (Lipinski definition) is 1. The Morgan fingerprint density at radius 3 is 2.75 bits per heavy atom. The first-order valence-electron chi connectivity index (χ1n) is 6.89. The van der Waals surface area contributed by atoms with E-state index in [9.17, 15) is 0 Å². The van der Waals surface area contributed by atoms with Crippen LogP contribution in [0.1, 0.15) is 35.2 Å². The second-order valence-corrected chi connectivity index (χ2v) is 5.15. The van der Waals surface area contributed by atoms with Crippen molar-refractivity contribution in [2.75, 3.05) is 7.11 Å². The highest BCUT2D eigenvalue weighted by atomic mass is 16.5. The molecule has 2 aromatic rings. The van der Waals surface area contributed by atoms with Crippen LogP contribution in [0.3, 0.4) is 0 Å². The third-order valence-electron chi connectivity index (χ3n) is 3.59. The number of nitrogens with zero attached hydrogens (tertiary/aromatic N) is 1. The molecule has 0 aliphatic heterocycles. The van der Waals surface area contributed by atoms with Crippen molar-refractivity contribution in [2.24, 2.45) is 0 Å². The maximum Gasteiger partial charge on any atom is 0.123 e. The number of pyridine rings is 1. The number of rotatable bonds is 5. The smallest absolute Gasteiger partial charge is 0.123 e. The molecule has 106 valence electrons. The summed E-state index contributed by atoms with van der Waals surface area (Å²) in [5, 5.41) is 3.55. The fourth-order valence-electron chi connectivity index (χ4n) is 2.27. The summed E-state index contributed by atoms with van der Waals surface area (Å²) in [5.41, 5.74) is 4.93. The number of methoxy groups -OCH3 is 1. The minimum Gasteiger partial charge on any atom is -0.496 e. The van der Waals surface area contributed by atoms with Crippen LogP contribution in [0.15, 0.2) is 36.7 Å². The maximum absolute atomic E-state index is 5.45. The number of aromatic nitrogens is 1. The first kappa shape index (κ1) is 14.5. The largest absolute Gasteiger partial charge is 0.496 e. The first-order chi connectivity index (χ1) is 9.61. The van der Waals surface area contributed by atoms with E-state index in [1.54, 1.807) is 7.11 Å². The van der Waals surface area contributed by atoms with Crippen LogP contribution in [0.2, 0.25) is 0 Å². The average molecular weight is 270 g/mol. The van der Waals surface area contributed by atoms with Gasteiger partial charge in [-0.05, 0) is 44.0 Å². The lowest BCUT2D eigenvalue weighted by molar-refractivity contribution is 0.401. The van der Waals surface area contributed by atoms with E-state index in [4.69, 9.17) is 4.74 Å². The molecular formula is C17H22N2O. The Bertz CT molecular complexity index is 581. The van der Waals surface area contributed by atoms with E-state index >= 15 is 0 Å². The van der Waals surface area contributed by atoms with Gasteiger partial charge in [0.15, 0.2) is 0 Å². The standard InChI is InChI=1S/C17H22N2O/c1-12-5-6-17(20-4)16(9-12)14(3)19-11-15-7-8-18-10-13(15)2/h5-10,14,19H,11H2,1-4H3. The third kappa shape index (κ3) is 3.36. The topological polar surface area (TPSA) is 34.1 Å². The molecule has 0 radical (unpaired) electrons. The molecule has 0 aliphatic rings. The van der Waals surface area contributed by atoms with Gasteiger partial charge in [-0.2, -0.15) is 0 Å². The van der Waals surface area contributed by atoms with Crippen LogP contribution in [0.25, 0.3) is 0 Å². The fraction of sp³-hybridized carbons (Fsp3) is 0.353. The summed E-state index contributed by atoms with van der Waals surface area (Å²) in [7, 11) is 1.72. The predicted molar refractivity (Wildman–Crippen MR) is 82.0 cm³/mol. The Kier molecular flexibility index (Phi) is 4.74. The highest BCUT2D eigenvalue weighted by Gasteiger charge is 2.11. The fourth-order valence-corrected chi connectivity index (χ4v) is 2.27. The average Bonchev–Trinajstić information content (AvgIpc) is 2.46. The van der Waals surface area contributed by atoms with Gasteiger partial charge in [-0.1, -0.05) is 17.7 Å². The van der Waals surface area contributed by atoms with E-state index in [1.165, 1.54) is 22.3 Å². The van der Waals surface area contributed by atoms with E-state index in [-0.39, 0.29) is 6.04 Å². The molecular weight excluding hydrogens is 248 g/mol. The van der Waals surface area contributed by atoms with E-state index in [0.29, 0.717) is 0 Å². The monoisotopic (exact) mass is 270 g/mol. The lowest BCUT2D eigenvalue weighted by atomic mass is 10.0. The van der Waals surface area contributed by atoms with Crippen LogP contribution >= 0.6 is 0 Å². The number of ether oxygens (including phenoxy) is 1. The number of aryl methyl sites for hydroxylation is 2. The normalized spacial score (nSPS) is 12.2. The predicted octanol–water partition coefficient (Wildman–Crippen LogP) is 3.56. The Hall–Kier alpha value is -1.87. The van der Waals surface area contributed by atoms with Gasteiger partial charge in [0.05, 0.1) is 7.11 Å². The number of benzene rings is 1. The molecule has 3 nitrogen and oxygen atoms in total. The lowest BCUT2D eigenvalue weighted by Gasteiger charge is -2.18. The number of hydrogen-bond acceptors (Lipinski definition) is 3. The second-order valence-electron chi connectivity index (χ2n) is 5.15. The summed E-state index contributed by atoms with van der Waals surface area (Å²) >= 11 is 0. The highest BCUT2D eigenvalue weighted by Crippen LogP contribution is 2.26. The van der Waals surface area contributed by atoms with Gasteiger partial charge in [0.1, 0.15) is 5.75 Å². The van der Waals surface area contributed by atoms with Crippen LogP contribution in [0.5, 0.6) is 5.75 Å². The van der Waals surface area contributed by atoms with Gasteiger partial charge in [0.2, 0.25) is 0 Å². The van der Waals surface area contributed by atoms with E-state index in [2.05, 4.69) is 49.3 Å². The molecule has 1 aromatic heterocycles. The molecule has 1 N–H and O–H groups in total. The van der Waals surface area contributed by atoms with Crippen LogP contribution in [-0.2, 0) is 6.54 Å². The minimum absolute atomic E-state index is 0.234. The SMILES string of the molecule is COc1ccc(C)cc1C(C)NCc1ccncc1C. The van der Waals surface area contributed by atoms with Gasteiger partial charge < -0.3 is 10.1 Å². The molecule has 0 amide bonds. The molecule has 2 rings (SSSR count). The van der Waals surface area contributed by atoms with Crippen molar-refractivity contribution in [3.63, 3.8) is 0 Å². The zero-order valence-electron chi connectivity index (χ0n) is 12.6. The zero-order chi connectivity index (χ0) is 14.5. The van der Waals surface area contributed by atoms with Crippen molar-refractivity contribution < 1.29 is 4.74 Å². The van der Waals surface area contributed by atoms with Gasteiger partial charge in [-0.25, -0.2) is 0 Å². The van der Waals surface area contributed by atoms with Crippen molar-refractivity contribution in [3.05, 3.63) is 58.9 Å². The van der Waals surface area contributed by atoms with Crippen LogP contribution in [-0.4, -0.2) is 12.1 Å². The van der Waals surface area contributed by atoms with E-state index < -0.39 is 0 Å². The van der Waals surface area contributed by atoms with Crippen molar-refractivity contribution in [2.45, 2.75) is 33.4 Å². The van der Waals surface area contributed by atoms with Crippen LogP contribution < -0.4 is 10.1 Å². The molecule has 3 heteroatoms. The summed E-state index contributed by atoms with van der Waals surface area (Å²) in [4.78, 5) is 4.12. The Labute approximate surface area is 121 Å². The summed E-state index contributed by atoms with van der Waals surface area (Å²) in [6, 6.07) is 8.57. The van der Waals surface area contributed by atoms with Gasteiger partial charge >= 0.3 is 0 Å². The number of nitrogens with one attached hydrogen (secondary N) is 1. The lowest BCUT2D eigenvalue weighted by Crippen LogP contribution is -2.19. The Balaban J connectivity index is 2.11. The van der Waals surface area contributed by atoms with Crippen molar-refractivity contribution >= 4 is 0 Å². The zero-order valence-corrected chi connectivity index (χ0v) is 12.6. The Morgan fingerprint density at radius 1 is 1.25 bits per heavy atom. The van der Waals surface area contributed by atoms with Crippen molar-refractivity contribution in [1.29, 1.82) is 0 Å². The molecule has 0 aliphatic carbocycles. The second kappa shape index (κ2) is 6.53. The van der Waals surface area contributed by atoms with Crippen LogP contribution in [0.4, 0.5) is 0 Å². The molecule has 1 aromatic carbocycles. The van der Waals surface area contributed by atoms with Gasteiger partial charge in [-0.15, -0.1) is 0 Å².